The fourth-order valence-corrected chi connectivity index (χ4v) is 9.15. The summed E-state index contributed by atoms with van der Waals surface area (Å²) >= 11 is 0. The summed E-state index contributed by atoms with van der Waals surface area (Å²) in [5.74, 6) is 1.27. The highest BCUT2D eigenvalue weighted by molar-refractivity contribution is 5.84. The van der Waals surface area contributed by atoms with Crippen LogP contribution in [-0.4, -0.2) is 50.7 Å². The van der Waals surface area contributed by atoms with E-state index >= 15 is 0 Å². The normalized spacial score (nSPS) is 14.7. The zero-order valence-electron chi connectivity index (χ0n) is 46.8. The fourth-order valence-electron chi connectivity index (χ4n) is 9.15. The number of hydrogen-bond donors (Lipinski definition) is 0. The van der Waals surface area contributed by atoms with Gasteiger partial charge in [0.15, 0.2) is 12.2 Å². The number of esters is 2. The highest BCUT2D eigenvalue weighted by Crippen LogP contribution is 2.44. The van der Waals surface area contributed by atoms with Crippen LogP contribution in [-0.2, 0) is 39.7 Å². The lowest BCUT2D eigenvalue weighted by Crippen LogP contribution is -2.52. The maximum Gasteiger partial charge on any atom is 0.432 e. The first-order valence-electron chi connectivity index (χ1n) is 28.7. The smallest absolute Gasteiger partial charge is 0.432 e. The number of allylic oxidation sites excluding steroid dienone is 8. The minimum Gasteiger partial charge on any atom is -0.442 e. The Balaban J connectivity index is 1.33. The minimum atomic E-state index is -5.06. The van der Waals surface area contributed by atoms with E-state index in [0.29, 0.717) is 12.8 Å². The molecule has 0 N–H and O–H groups in total. The predicted molar refractivity (Wildman–Crippen MR) is 304 cm³/mol. The summed E-state index contributed by atoms with van der Waals surface area (Å²) in [4.78, 5) is 25.7. The third-order valence-corrected chi connectivity index (χ3v) is 13.7. The Morgan fingerprint density at radius 1 is 0.397 bits per heavy atom. The molecule has 2 rings (SSSR count). The minimum absolute atomic E-state index is 0.380. The summed E-state index contributed by atoms with van der Waals surface area (Å²) in [5.41, 5.74) is -7.31. The van der Waals surface area contributed by atoms with E-state index in [1.807, 2.05) is 0 Å². The molecule has 12 heteroatoms. The molecule has 4 atom stereocenters. The molecule has 0 fully saturated rings. The van der Waals surface area contributed by atoms with Gasteiger partial charge in [0.2, 0.25) is 0 Å². The highest BCUT2D eigenvalue weighted by Gasteiger charge is 2.65. The topological polar surface area (TPSA) is 71.1 Å². The van der Waals surface area contributed by atoms with Crippen LogP contribution in [0.1, 0.15) is 204 Å². The molecule has 432 valence electrons. The third kappa shape index (κ3) is 26.6. The predicted octanol–water partition coefficient (Wildman–Crippen LogP) is 18.8. The molecule has 0 radical (unpaired) electrons. The molecule has 0 aliphatic carbocycles. The summed E-state index contributed by atoms with van der Waals surface area (Å²) in [6.07, 6.45) is 53.2. The molecule has 0 spiro atoms. The van der Waals surface area contributed by atoms with Gasteiger partial charge in [-0.25, -0.2) is 9.59 Å². The number of carbonyl (C=O) groups excluding carboxylic acids is 2. The quantitative estimate of drug-likeness (QED) is 0.0216. The fraction of sp³-hybridized carbons (Fsp3) is 0.576. The van der Waals surface area contributed by atoms with Crippen molar-refractivity contribution in [2.24, 2.45) is 0 Å². The van der Waals surface area contributed by atoms with Gasteiger partial charge in [-0.2, -0.15) is 26.3 Å². The third-order valence-electron chi connectivity index (χ3n) is 13.7. The molecule has 0 aliphatic rings. The van der Waals surface area contributed by atoms with Gasteiger partial charge in [0.1, 0.15) is 0 Å². The first-order valence-corrected chi connectivity index (χ1v) is 28.7. The number of unbranched alkanes of at least 4 members (excludes halogenated alkanes) is 26. The van der Waals surface area contributed by atoms with E-state index in [-0.39, 0.29) is 11.1 Å². The molecule has 78 heavy (non-hydrogen) atoms. The lowest BCUT2D eigenvalue weighted by Gasteiger charge is -2.32. The molecule has 0 aromatic heterocycles. The number of hydrogen-bond acceptors (Lipinski definition) is 6. The van der Waals surface area contributed by atoms with Crippen LogP contribution in [0.25, 0.3) is 0 Å². The zero-order valence-corrected chi connectivity index (χ0v) is 46.8. The second-order valence-corrected chi connectivity index (χ2v) is 19.8. The van der Waals surface area contributed by atoms with Crippen LogP contribution in [0.15, 0.2) is 121 Å². The van der Waals surface area contributed by atoms with Gasteiger partial charge in [-0.05, 0) is 115 Å². The van der Waals surface area contributed by atoms with Crippen LogP contribution in [0.4, 0.5) is 26.3 Å². The van der Waals surface area contributed by atoms with Crippen LogP contribution in [0.5, 0.6) is 0 Å². The molecule has 6 nitrogen and oxygen atoms in total. The Labute approximate surface area is 465 Å². The maximum absolute atomic E-state index is 14.1. The van der Waals surface area contributed by atoms with Crippen molar-refractivity contribution < 1.29 is 54.9 Å². The first-order chi connectivity index (χ1) is 37.7. The Bertz CT molecular complexity index is 1960. The molecule has 0 unspecified atom stereocenters. The van der Waals surface area contributed by atoms with Gasteiger partial charge in [0, 0.05) is 25.3 Å². The van der Waals surface area contributed by atoms with Crippen LogP contribution in [0.2, 0.25) is 0 Å². The molecule has 0 saturated carbocycles. The van der Waals surface area contributed by atoms with Gasteiger partial charge >= 0.3 is 24.3 Å². The van der Waals surface area contributed by atoms with Crippen LogP contribution < -0.4 is 0 Å². The summed E-state index contributed by atoms with van der Waals surface area (Å²) < 4.78 is 105. The van der Waals surface area contributed by atoms with Crippen LogP contribution in [0.3, 0.4) is 0 Å². The molecule has 2 aromatic carbocycles. The second kappa shape index (κ2) is 41.7. The molecule has 2 aromatic rings. The van der Waals surface area contributed by atoms with Crippen molar-refractivity contribution in [3.05, 3.63) is 133 Å². The standard InChI is InChI=1S/C66H90F6O6/c1-5-59(77-61(73)63(75-3,65(67,68)69)57-51-45-43-46-52-57)55-49-41-39-37-35-33-31-29-27-25-23-21-19-17-15-13-11-9-7-8-10-12-14-16-18-20-22-24-26-28-30-32-34-36-38-40-42-50-56-60(6-2)78-62(74)64(76-4,66(70,71)72)58-53-47-44-48-54-58/h1-2,7-8,29-32,43-56,59-60H,9-28,33-42H2,3-4H3/b8-7-,31-29-,32-30-,55-49+,56-50+/t59-,60-,63-,64-/m1/s1. The SMILES string of the molecule is C#C[C@H](/C=C/CCCCC/C=C\CCCCCCCCCC/C=C\CCCCCCCCCC/C=C\CCCCC/C=C/[C@@H](C#C)OC(=O)[C@](OC)(c1ccccc1)C(F)(F)F)OC(=O)[C@](OC)(c1ccccc1)C(F)(F)F. The zero-order chi connectivity index (χ0) is 57.1. The largest absolute Gasteiger partial charge is 0.442 e. The summed E-state index contributed by atoms with van der Waals surface area (Å²) in [5, 5.41) is 0. The molecule has 0 amide bonds. The first kappa shape index (κ1) is 68.8. The maximum atomic E-state index is 14.1. The highest BCUT2D eigenvalue weighted by atomic mass is 19.4. The van der Waals surface area contributed by atoms with Gasteiger partial charge in [-0.15, -0.1) is 12.8 Å². The monoisotopic (exact) mass is 1090 g/mol. The Hall–Kier alpha value is -5.30. The van der Waals surface area contributed by atoms with Gasteiger partial charge in [-0.3, -0.25) is 0 Å². The Kier molecular flexibility index (Phi) is 36.8. The van der Waals surface area contributed by atoms with Gasteiger partial charge in [0.25, 0.3) is 11.2 Å². The van der Waals surface area contributed by atoms with Crippen molar-refractivity contribution in [2.75, 3.05) is 14.2 Å². The number of alkyl halides is 6. The molecule has 0 saturated heterocycles. The summed E-state index contributed by atoms with van der Waals surface area (Å²) in [6.45, 7) is 0. The Morgan fingerprint density at radius 2 is 0.615 bits per heavy atom. The van der Waals surface area contributed by atoms with Crippen molar-refractivity contribution in [1.82, 2.24) is 0 Å². The van der Waals surface area contributed by atoms with Crippen LogP contribution in [0, 0.1) is 24.7 Å². The number of methoxy groups -OCH3 is 2. The van der Waals surface area contributed by atoms with Gasteiger partial charge in [0.05, 0.1) is 0 Å². The van der Waals surface area contributed by atoms with E-state index in [1.165, 1.54) is 176 Å². The average molecular weight is 1090 g/mol. The van der Waals surface area contributed by atoms with E-state index in [1.54, 1.807) is 24.3 Å². The Morgan fingerprint density at radius 3 is 0.833 bits per heavy atom. The summed E-state index contributed by atoms with van der Waals surface area (Å²) in [7, 11) is 1.65. The number of ether oxygens (including phenoxy) is 4. The average Bonchev–Trinajstić information content (AvgIpc) is 3.55. The van der Waals surface area contributed by atoms with Gasteiger partial charge < -0.3 is 18.9 Å². The van der Waals surface area contributed by atoms with E-state index in [4.69, 9.17) is 31.8 Å². The van der Waals surface area contributed by atoms with Crippen molar-refractivity contribution in [3.63, 3.8) is 0 Å². The van der Waals surface area contributed by atoms with E-state index in [2.05, 4.69) is 48.3 Å². The number of halogens is 6. The van der Waals surface area contributed by atoms with Crippen LogP contribution >= 0.6 is 0 Å². The molecule has 0 heterocycles. The number of benzene rings is 2. The lowest BCUT2D eigenvalue weighted by molar-refractivity contribution is -0.277. The van der Waals surface area contributed by atoms with Crippen molar-refractivity contribution >= 4 is 11.9 Å². The summed E-state index contributed by atoms with van der Waals surface area (Å²) in [6, 6.07) is 13.3. The molecular weight excluding hydrogens is 1000 g/mol. The second-order valence-electron chi connectivity index (χ2n) is 19.8. The van der Waals surface area contributed by atoms with Crippen molar-refractivity contribution in [1.29, 1.82) is 0 Å². The number of terminal acetylenes is 2. The molecule has 0 bridgehead atoms. The van der Waals surface area contributed by atoms with Crippen molar-refractivity contribution in [2.45, 2.75) is 228 Å². The van der Waals surface area contributed by atoms with E-state index < -0.39 is 47.7 Å². The molecule has 0 aliphatic heterocycles. The van der Waals surface area contributed by atoms with Crippen molar-refractivity contribution in [3.8, 4) is 24.7 Å². The number of carbonyl (C=O) groups is 2. The number of rotatable bonds is 44. The molecular formula is C66H90F6O6. The van der Waals surface area contributed by atoms with Gasteiger partial charge in [-0.1, -0.05) is 211 Å². The van der Waals surface area contributed by atoms with E-state index in [9.17, 15) is 35.9 Å². The van der Waals surface area contributed by atoms with E-state index in [0.717, 1.165) is 78.4 Å². The lowest BCUT2D eigenvalue weighted by atomic mass is 9.92.